The van der Waals surface area contributed by atoms with Crippen molar-refractivity contribution in [2.75, 3.05) is 0 Å². The average Bonchev–Trinajstić information content (AvgIpc) is 2.69. The summed E-state index contributed by atoms with van der Waals surface area (Å²) < 4.78 is 14.5. The molecule has 0 aliphatic heterocycles. The highest BCUT2D eigenvalue weighted by molar-refractivity contribution is 5.69. The minimum Gasteiger partial charge on any atom is -0.481 e. The molecular weight excluding hydrogens is 237 g/mol. The molecule has 0 saturated heterocycles. The first-order valence-corrected chi connectivity index (χ1v) is 5.40. The van der Waals surface area contributed by atoms with Crippen LogP contribution in [0.25, 0.3) is 0 Å². The maximum Gasteiger partial charge on any atom is 0.309 e. The number of aryl methyl sites for hydroxylation is 1. The Bertz CT molecular complexity index is 580. The Hall–Kier alpha value is -2.24. The maximum atomic E-state index is 12.9. The molecule has 1 N–H and O–H groups in total. The molecular formula is C12H12FN3O2. The Kier molecular flexibility index (Phi) is 3.36. The van der Waals surface area contributed by atoms with Crippen LogP contribution in [0.5, 0.6) is 0 Å². The van der Waals surface area contributed by atoms with E-state index in [4.69, 9.17) is 5.11 Å². The molecule has 0 bridgehead atoms. The summed E-state index contributed by atoms with van der Waals surface area (Å²) in [6, 6.07) is 4.52. The molecule has 0 aliphatic rings. The van der Waals surface area contributed by atoms with Gasteiger partial charge in [-0.05, 0) is 30.2 Å². The van der Waals surface area contributed by atoms with Gasteiger partial charge in [0.15, 0.2) is 0 Å². The molecule has 0 fully saturated rings. The number of benzene rings is 1. The monoisotopic (exact) mass is 249 g/mol. The van der Waals surface area contributed by atoms with E-state index in [0.29, 0.717) is 12.2 Å². The fourth-order valence-corrected chi connectivity index (χ4v) is 1.66. The predicted molar refractivity (Wildman–Crippen MR) is 61.6 cm³/mol. The second kappa shape index (κ2) is 4.95. The first-order valence-electron chi connectivity index (χ1n) is 5.40. The number of hydrogen-bond acceptors (Lipinski definition) is 3. The van der Waals surface area contributed by atoms with Crippen LogP contribution in [0.2, 0.25) is 0 Å². The lowest BCUT2D eigenvalue weighted by molar-refractivity contribution is -0.136. The predicted octanol–water partition coefficient (Wildman–Crippen LogP) is 1.40. The molecule has 5 nitrogen and oxygen atoms in total. The number of aromatic nitrogens is 3. The zero-order chi connectivity index (χ0) is 13.1. The lowest BCUT2D eigenvalue weighted by Crippen LogP contribution is -2.02. The number of carboxylic acids is 1. The summed E-state index contributed by atoms with van der Waals surface area (Å²) in [4.78, 5) is 10.5. The first kappa shape index (κ1) is 12.2. The smallest absolute Gasteiger partial charge is 0.309 e. The van der Waals surface area contributed by atoms with Crippen LogP contribution >= 0.6 is 0 Å². The van der Waals surface area contributed by atoms with E-state index in [1.807, 2.05) is 6.92 Å². The zero-order valence-electron chi connectivity index (χ0n) is 9.80. The van der Waals surface area contributed by atoms with Crippen molar-refractivity contribution in [3.63, 3.8) is 0 Å². The van der Waals surface area contributed by atoms with Gasteiger partial charge in [0.1, 0.15) is 5.82 Å². The quantitative estimate of drug-likeness (QED) is 0.889. The Morgan fingerprint density at radius 1 is 1.50 bits per heavy atom. The number of carbonyl (C=O) groups is 1. The second-order valence-electron chi connectivity index (χ2n) is 4.05. The van der Waals surface area contributed by atoms with Crippen molar-refractivity contribution in [3.05, 3.63) is 47.0 Å². The van der Waals surface area contributed by atoms with Crippen molar-refractivity contribution in [2.24, 2.45) is 0 Å². The molecule has 0 unspecified atom stereocenters. The number of nitrogens with zero attached hydrogens (tertiary/aromatic N) is 3. The summed E-state index contributed by atoms with van der Waals surface area (Å²) in [5.41, 5.74) is 2.15. The lowest BCUT2D eigenvalue weighted by Gasteiger charge is -2.05. The molecule has 2 aromatic rings. The van der Waals surface area contributed by atoms with Gasteiger partial charge >= 0.3 is 5.97 Å². The first-order chi connectivity index (χ1) is 8.54. The van der Waals surface area contributed by atoms with Gasteiger partial charge in [-0.25, -0.2) is 9.07 Å². The van der Waals surface area contributed by atoms with Crippen LogP contribution in [0.15, 0.2) is 24.4 Å². The summed E-state index contributed by atoms with van der Waals surface area (Å²) in [5, 5.41) is 16.2. The van der Waals surface area contributed by atoms with Crippen LogP contribution in [0.1, 0.15) is 16.8 Å². The summed E-state index contributed by atoms with van der Waals surface area (Å²) in [7, 11) is 0. The van der Waals surface area contributed by atoms with Crippen LogP contribution < -0.4 is 0 Å². The Labute approximate surface area is 103 Å². The molecule has 2 rings (SSSR count). The van der Waals surface area contributed by atoms with E-state index >= 15 is 0 Å². The molecule has 0 aliphatic carbocycles. The Balaban J connectivity index is 2.13. The van der Waals surface area contributed by atoms with Crippen LogP contribution in [-0.2, 0) is 17.8 Å². The molecule has 0 amide bonds. The van der Waals surface area contributed by atoms with Gasteiger partial charge in [-0.1, -0.05) is 11.3 Å². The van der Waals surface area contributed by atoms with Crippen molar-refractivity contribution in [1.29, 1.82) is 0 Å². The topological polar surface area (TPSA) is 68.0 Å². The van der Waals surface area contributed by atoms with Crippen molar-refractivity contribution in [1.82, 2.24) is 15.0 Å². The SMILES string of the molecule is Cc1cc(F)ccc1Cn1cc(CC(=O)O)nn1. The number of halogens is 1. The standard InChI is InChI=1S/C12H12FN3O2/c1-8-4-10(13)3-2-9(8)6-16-7-11(14-15-16)5-12(17)18/h2-4,7H,5-6H2,1H3,(H,17,18). The van der Waals surface area contributed by atoms with Gasteiger partial charge in [-0.2, -0.15) is 0 Å². The third kappa shape index (κ3) is 2.91. The summed E-state index contributed by atoms with van der Waals surface area (Å²) in [6.07, 6.45) is 1.43. The number of carboxylic acid groups (broad SMARTS) is 1. The van der Waals surface area contributed by atoms with Gasteiger partial charge < -0.3 is 5.11 Å². The third-order valence-electron chi connectivity index (χ3n) is 2.56. The van der Waals surface area contributed by atoms with Crippen LogP contribution in [-0.4, -0.2) is 26.1 Å². The number of rotatable bonds is 4. The van der Waals surface area contributed by atoms with E-state index in [2.05, 4.69) is 10.3 Å². The fraction of sp³-hybridized carbons (Fsp3) is 0.250. The largest absolute Gasteiger partial charge is 0.481 e. The van der Waals surface area contributed by atoms with Gasteiger partial charge in [0.25, 0.3) is 0 Å². The normalized spacial score (nSPS) is 10.6. The van der Waals surface area contributed by atoms with Crippen molar-refractivity contribution in [3.8, 4) is 0 Å². The summed E-state index contributed by atoms with van der Waals surface area (Å²) in [6.45, 7) is 2.26. The number of hydrogen-bond donors (Lipinski definition) is 1. The molecule has 0 atom stereocenters. The Morgan fingerprint density at radius 2 is 2.28 bits per heavy atom. The molecule has 0 radical (unpaired) electrons. The van der Waals surface area contributed by atoms with Crippen LogP contribution in [0.4, 0.5) is 4.39 Å². The van der Waals surface area contributed by atoms with Crippen LogP contribution in [0, 0.1) is 12.7 Å². The van der Waals surface area contributed by atoms with Crippen molar-refractivity contribution in [2.45, 2.75) is 19.9 Å². The third-order valence-corrected chi connectivity index (χ3v) is 2.56. The molecule has 1 heterocycles. The van der Waals surface area contributed by atoms with Crippen molar-refractivity contribution < 1.29 is 14.3 Å². The Morgan fingerprint density at radius 3 is 2.94 bits per heavy atom. The summed E-state index contributed by atoms with van der Waals surface area (Å²) in [5.74, 6) is -1.22. The van der Waals surface area contributed by atoms with Crippen LogP contribution in [0.3, 0.4) is 0 Å². The highest BCUT2D eigenvalue weighted by Gasteiger charge is 2.07. The van der Waals surface area contributed by atoms with Gasteiger partial charge in [0, 0.05) is 6.20 Å². The van der Waals surface area contributed by atoms with Gasteiger partial charge in [-0.3, -0.25) is 4.79 Å². The highest BCUT2D eigenvalue weighted by Crippen LogP contribution is 2.11. The molecule has 1 aromatic heterocycles. The van der Waals surface area contributed by atoms with E-state index in [-0.39, 0.29) is 12.2 Å². The second-order valence-corrected chi connectivity index (χ2v) is 4.05. The van der Waals surface area contributed by atoms with E-state index in [1.54, 1.807) is 16.9 Å². The number of aliphatic carboxylic acids is 1. The van der Waals surface area contributed by atoms with E-state index in [9.17, 15) is 9.18 Å². The van der Waals surface area contributed by atoms with Crippen molar-refractivity contribution >= 4 is 5.97 Å². The zero-order valence-corrected chi connectivity index (χ0v) is 9.80. The summed E-state index contributed by atoms with van der Waals surface area (Å²) >= 11 is 0. The lowest BCUT2D eigenvalue weighted by atomic mass is 10.1. The van der Waals surface area contributed by atoms with Gasteiger partial charge in [0.2, 0.25) is 0 Å². The van der Waals surface area contributed by atoms with E-state index < -0.39 is 5.97 Å². The van der Waals surface area contributed by atoms with E-state index in [0.717, 1.165) is 11.1 Å². The average molecular weight is 249 g/mol. The molecule has 1 aromatic carbocycles. The minimum atomic E-state index is -0.944. The molecule has 0 spiro atoms. The van der Waals surface area contributed by atoms with E-state index in [1.165, 1.54) is 12.1 Å². The van der Waals surface area contributed by atoms with Gasteiger partial charge in [0.05, 0.1) is 18.7 Å². The fourth-order valence-electron chi connectivity index (χ4n) is 1.66. The highest BCUT2D eigenvalue weighted by atomic mass is 19.1. The minimum absolute atomic E-state index is 0.150. The van der Waals surface area contributed by atoms with Gasteiger partial charge in [-0.15, -0.1) is 5.10 Å². The maximum absolute atomic E-state index is 12.9. The molecule has 6 heteroatoms. The molecule has 0 saturated carbocycles. The molecule has 94 valence electrons. The molecule has 18 heavy (non-hydrogen) atoms.